The third-order valence-corrected chi connectivity index (χ3v) is 6.85. The lowest BCUT2D eigenvalue weighted by Crippen LogP contribution is -2.75. The number of quaternary nitrogens is 1. The predicted molar refractivity (Wildman–Crippen MR) is 135 cm³/mol. The molecule has 2 aromatic rings. The summed E-state index contributed by atoms with van der Waals surface area (Å²) in [7, 11) is 6.65. The number of carbonyl (C=O) groups excluding carboxylic acids is 2. The highest BCUT2D eigenvalue weighted by atomic mass is 32.2. The quantitative estimate of drug-likeness (QED) is 0.119. The number of hydrogen-bond acceptors (Lipinski definition) is 6. The van der Waals surface area contributed by atoms with E-state index in [9.17, 15) is 9.59 Å². The first-order valence-electron chi connectivity index (χ1n) is 11.2. The van der Waals surface area contributed by atoms with Crippen LogP contribution in [0, 0.1) is 0 Å². The minimum atomic E-state index is -0.307. The summed E-state index contributed by atoms with van der Waals surface area (Å²) in [5, 5.41) is 3.43. The summed E-state index contributed by atoms with van der Waals surface area (Å²) in [6, 6.07) is 11.0. The van der Waals surface area contributed by atoms with Crippen LogP contribution in [0.25, 0.3) is 0 Å². The molecule has 0 unspecified atom stereocenters. The van der Waals surface area contributed by atoms with Crippen molar-refractivity contribution in [3.8, 4) is 0 Å². The van der Waals surface area contributed by atoms with Crippen molar-refractivity contribution in [3.05, 3.63) is 53.1 Å². The summed E-state index contributed by atoms with van der Waals surface area (Å²) in [5.74, 6) is 5.53. The zero-order valence-electron chi connectivity index (χ0n) is 20.1. The molecular formula is C24H33N6O3S+. The second-order valence-electron chi connectivity index (χ2n) is 8.32. The minimum absolute atomic E-state index is 0.0660. The Labute approximate surface area is 204 Å². The lowest BCUT2D eigenvalue weighted by Gasteiger charge is -2.19. The van der Waals surface area contributed by atoms with E-state index in [0.29, 0.717) is 32.8 Å². The van der Waals surface area contributed by atoms with Gasteiger partial charge in [0.2, 0.25) is 0 Å². The van der Waals surface area contributed by atoms with Crippen molar-refractivity contribution in [1.29, 1.82) is 0 Å². The van der Waals surface area contributed by atoms with Gasteiger partial charge in [0.05, 0.1) is 12.7 Å². The highest BCUT2D eigenvalue weighted by Crippen LogP contribution is 2.37. The highest BCUT2D eigenvalue weighted by molar-refractivity contribution is 8.13. The summed E-state index contributed by atoms with van der Waals surface area (Å²) >= 11 is 1.25. The van der Waals surface area contributed by atoms with Gasteiger partial charge in [0.25, 0.3) is 11.8 Å². The molecule has 0 spiro atoms. The van der Waals surface area contributed by atoms with Crippen LogP contribution in [-0.4, -0.2) is 50.1 Å². The van der Waals surface area contributed by atoms with Gasteiger partial charge in [-0.25, -0.2) is 10.7 Å². The van der Waals surface area contributed by atoms with Gasteiger partial charge in [-0.2, -0.15) is 5.48 Å². The lowest BCUT2D eigenvalue weighted by molar-refractivity contribution is -0.830. The number of nitrogens with two attached hydrogens (primary N) is 2. The number of carbonyl (C=O) groups is 2. The first kappa shape index (κ1) is 25.7. The molecular weight excluding hydrogens is 452 g/mol. The Morgan fingerprint density at radius 2 is 1.88 bits per heavy atom. The molecule has 1 saturated carbocycles. The second kappa shape index (κ2) is 12.0. The summed E-state index contributed by atoms with van der Waals surface area (Å²) in [6.07, 6.45) is 4.52. The number of thioether (sulfide) groups is 1. The van der Waals surface area contributed by atoms with E-state index in [1.165, 1.54) is 24.6 Å². The molecule has 182 valence electrons. The minimum Gasteiger partial charge on any atom is -0.345 e. The maximum atomic E-state index is 13.3. The van der Waals surface area contributed by atoms with E-state index in [2.05, 4.69) is 15.7 Å². The number of hydrazine groups is 1. The molecule has 0 heterocycles. The van der Waals surface area contributed by atoms with E-state index in [0.717, 1.165) is 24.1 Å². The number of amides is 2. The van der Waals surface area contributed by atoms with Gasteiger partial charge in [0, 0.05) is 49.4 Å². The first-order valence-corrected chi connectivity index (χ1v) is 12.0. The predicted octanol–water partition coefficient (Wildman–Crippen LogP) is 2.60. The number of nitrogens with zero attached hydrogens (tertiary/aromatic N) is 2. The van der Waals surface area contributed by atoms with E-state index in [-0.39, 0.29) is 11.8 Å². The number of anilines is 1. The molecule has 0 atom stereocenters. The highest BCUT2D eigenvalue weighted by Gasteiger charge is 2.24. The van der Waals surface area contributed by atoms with Crippen LogP contribution in [-0.2, 0) is 4.84 Å². The zero-order valence-corrected chi connectivity index (χ0v) is 20.9. The normalized spacial score (nSPS) is 14.2. The first-order chi connectivity index (χ1) is 16.4. The number of nitrogens with one attached hydrogen (secondary N) is 2. The fourth-order valence-corrected chi connectivity index (χ4v) is 4.87. The number of benzene rings is 2. The molecule has 2 aromatic carbocycles. The maximum Gasteiger partial charge on any atom is 0.257 e. The Morgan fingerprint density at radius 3 is 2.50 bits per heavy atom. The third kappa shape index (κ3) is 6.15. The molecule has 10 heteroatoms. The maximum absolute atomic E-state index is 13.3. The Bertz CT molecular complexity index is 1070. The molecule has 0 radical (unpaired) electrons. The van der Waals surface area contributed by atoms with Crippen molar-refractivity contribution >= 4 is 40.1 Å². The molecule has 9 nitrogen and oxygen atoms in total. The average Bonchev–Trinajstić information content (AvgIpc) is 3.37. The van der Waals surface area contributed by atoms with Gasteiger partial charge in [0.1, 0.15) is 0 Å². The Kier molecular flexibility index (Phi) is 9.05. The van der Waals surface area contributed by atoms with Gasteiger partial charge in [-0.15, -0.1) is 0 Å². The van der Waals surface area contributed by atoms with Crippen LogP contribution in [0.15, 0.2) is 46.3 Å². The fraction of sp³-hybridized carbons (Fsp3) is 0.375. The molecule has 1 aliphatic carbocycles. The van der Waals surface area contributed by atoms with Gasteiger partial charge < -0.3 is 15.6 Å². The van der Waals surface area contributed by atoms with E-state index in [1.54, 1.807) is 50.8 Å². The molecule has 0 bridgehead atoms. The van der Waals surface area contributed by atoms with E-state index in [1.807, 2.05) is 24.3 Å². The van der Waals surface area contributed by atoms with E-state index < -0.39 is 0 Å². The van der Waals surface area contributed by atoms with Crippen molar-refractivity contribution in [3.63, 3.8) is 0 Å². The molecule has 2 amide bonds. The Hall–Kier alpha value is -2.92. The van der Waals surface area contributed by atoms with Gasteiger partial charge in [-0.05, 0) is 42.5 Å². The van der Waals surface area contributed by atoms with Crippen LogP contribution < -0.4 is 22.1 Å². The van der Waals surface area contributed by atoms with Crippen molar-refractivity contribution in [1.82, 2.24) is 10.3 Å². The van der Waals surface area contributed by atoms with Crippen molar-refractivity contribution < 1.29 is 19.9 Å². The van der Waals surface area contributed by atoms with Crippen LogP contribution in [0.2, 0.25) is 0 Å². The second-order valence-corrected chi connectivity index (χ2v) is 9.35. The third-order valence-electron chi connectivity index (χ3n) is 5.78. The molecule has 1 aliphatic rings. The average molecular weight is 486 g/mol. The monoisotopic (exact) mass is 485 g/mol. The van der Waals surface area contributed by atoms with E-state index >= 15 is 0 Å². The van der Waals surface area contributed by atoms with Gasteiger partial charge >= 0.3 is 0 Å². The van der Waals surface area contributed by atoms with Gasteiger partial charge in [-0.1, -0.05) is 30.7 Å². The van der Waals surface area contributed by atoms with Crippen LogP contribution in [0.1, 0.15) is 57.9 Å². The molecule has 3 rings (SSSR count). The van der Waals surface area contributed by atoms with Crippen molar-refractivity contribution in [2.24, 2.45) is 10.8 Å². The van der Waals surface area contributed by atoms with Crippen LogP contribution in [0.3, 0.4) is 0 Å². The number of aliphatic imine (C=N–C) groups is 1. The number of hydrogen-bond donors (Lipinski definition) is 4. The van der Waals surface area contributed by atoms with Gasteiger partial charge in [0.15, 0.2) is 10.9 Å². The largest absolute Gasteiger partial charge is 0.345 e. The summed E-state index contributed by atoms with van der Waals surface area (Å²) in [4.78, 5) is 37.7. The standard InChI is InChI=1S/C24H32N6O3S/c1-26-24(28-25)34-21-12-10-17(29-33-4)14-20(21)22(31)27-16-9-11-18(15-7-5-6-8-15)19(13-16)23(32)30(2)3/h9-15,29H,5-8,25H2,1-4H3,(H,26,28)(H,27,31)/p+1. The molecule has 6 N–H and O–H groups in total. The topological polar surface area (TPSA) is 126 Å². The smallest absolute Gasteiger partial charge is 0.257 e. The van der Waals surface area contributed by atoms with Crippen molar-refractivity contribution in [2.45, 2.75) is 36.5 Å². The number of amidine groups is 1. The zero-order chi connectivity index (χ0) is 24.7. The molecule has 0 aromatic heterocycles. The van der Waals surface area contributed by atoms with E-state index in [4.69, 9.17) is 10.7 Å². The molecule has 0 saturated heterocycles. The van der Waals surface area contributed by atoms with Gasteiger partial charge in [-0.3, -0.25) is 14.6 Å². The Balaban J connectivity index is 1.94. The molecule has 0 aliphatic heterocycles. The molecule has 1 fully saturated rings. The number of rotatable bonds is 7. The van der Waals surface area contributed by atoms with Crippen LogP contribution in [0.5, 0.6) is 0 Å². The summed E-state index contributed by atoms with van der Waals surface area (Å²) in [5.41, 5.74) is 7.53. The molecule has 34 heavy (non-hydrogen) atoms. The van der Waals surface area contributed by atoms with Crippen LogP contribution >= 0.6 is 11.8 Å². The SMILES string of the molecule is CN=C(NN)Sc1ccc([NH2+]OC)cc1C(=O)Nc1ccc(C2CCCC2)c(C(=O)N(C)C)c1. The Morgan fingerprint density at radius 1 is 1.15 bits per heavy atom. The fourth-order valence-electron chi connectivity index (χ4n) is 4.12. The summed E-state index contributed by atoms with van der Waals surface area (Å²) < 4.78 is 0. The van der Waals surface area contributed by atoms with Crippen LogP contribution in [0.4, 0.5) is 11.4 Å². The van der Waals surface area contributed by atoms with Crippen molar-refractivity contribution in [2.75, 3.05) is 33.6 Å². The summed E-state index contributed by atoms with van der Waals surface area (Å²) in [6.45, 7) is 0. The lowest BCUT2D eigenvalue weighted by atomic mass is 9.92.